The first-order valence-corrected chi connectivity index (χ1v) is 10.1. The Morgan fingerprint density at radius 2 is 1.87 bits per heavy atom. The number of hydrogen-bond acceptors (Lipinski definition) is 6. The van der Waals surface area contributed by atoms with Crippen LogP contribution < -0.4 is 10.1 Å². The van der Waals surface area contributed by atoms with Crippen molar-refractivity contribution in [3.8, 4) is 11.5 Å². The van der Waals surface area contributed by atoms with Gasteiger partial charge in [-0.1, -0.05) is 23.7 Å². The van der Waals surface area contributed by atoms with E-state index >= 15 is 0 Å². The van der Waals surface area contributed by atoms with Crippen molar-refractivity contribution in [2.24, 2.45) is 0 Å². The second-order valence-corrected chi connectivity index (χ2v) is 7.52. The summed E-state index contributed by atoms with van der Waals surface area (Å²) >= 11 is 7.65. The number of hydrogen-bond donors (Lipinski definition) is 1. The van der Waals surface area contributed by atoms with Gasteiger partial charge in [-0.3, -0.25) is 0 Å². The molecule has 4 rings (SSSR count). The van der Waals surface area contributed by atoms with Gasteiger partial charge in [-0.15, -0.1) is 11.3 Å². The molecule has 4 aromatic rings. The smallest absolute Gasteiger partial charge is 0.437 e. The molecule has 0 aliphatic rings. The Morgan fingerprint density at radius 3 is 2.63 bits per heavy atom. The Kier molecular flexibility index (Phi) is 5.74. The molecule has 0 bridgehead atoms. The van der Waals surface area contributed by atoms with Crippen LogP contribution in [-0.4, -0.2) is 21.5 Å². The third-order valence-corrected chi connectivity index (χ3v) is 5.54. The fourth-order valence-electron chi connectivity index (χ4n) is 2.84. The van der Waals surface area contributed by atoms with Crippen LogP contribution in [0.2, 0.25) is 5.02 Å². The highest BCUT2D eigenvalue weighted by molar-refractivity contribution is 7.17. The van der Waals surface area contributed by atoms with Crippen molar-refractivity contribution >= 4 is 39.0 Å². The van der Waals surface area contributed by atoms with Gasteiger partial charge >= 0.3 is 6.18 Å². The molecule has 3 aromatic heterocycles. The van der Waals surface area contributed by atoms with Crippen LogP contribution in [0.5, 0.6) is 11.5 Å². The molecule has 154 valence electrons. The summed E-state index contributed by atoms with van der Waals surface area (Å²) in [4.78, 5) is 12.6. The molecule has 0 aliphatic heterocycles. The summed E-state index contributed by atoms with van der Waals surface area (Å²) in [6.45, 7) is 0.597. The molecule has 0 atom stereocenters. The highest BCUT2D eigenvalue weighted by Crippen LogP contribution is 2.36. The van der Waals surface area contributed by atoms with Gasteiger partial charge in [-0.25, -0.2) is 15.0 Å². The van der Waals surface area contributed by atoms with Crippen LogP contribution >= 0.6 is 22.9 Å². The van der Waals surface area contributed by atoms with Gasteiger partial charge in [0.25, 0.3) is 0 Å². The lowest BCUT2D eigenvalue weighted by atomic mass is 10.1. The van der Waals surface area contributed by atoms with E-state index in [0.29, 0.717) is 29.6 Å². The van der Waals surface area contributed by atoms with Gasteiger partial charge in [0.2, 0.25) is 0 Å². The standard InChI is InChI=1S/C20H14ClF3N4OS/c21-14-10-30-19-16(14)18(27-11-28-19)26-9-7-12-3-5-13(6-4-12)29-15-2-1-8-25-17(15)20(22,23)24/h1-6,8,10-11H,7,9H2,(H,26,27,28). The molecule has 30 heavy (non-hydrogen) atoms. The summed E-state index contributed by atoms with van der Waals surface area (Å²) in [5, 5.41) is 6.47. The number of ether oxygens (including phenoxy) is 1. The zero-order valence-electron chi connectivity index (χ0n) is 15.3. The molecule has 0 aliphatic carbocycles. The molecule has 5 nitrogen and oxygen atoms in total. The van der Waals surface area contributed by atoms with Gasteiger partial charge < -0.3 is 10.1 Å². The van der Waals surface area contributed by atoms with Crippen LogP contribution in [0.4, 0.5) is 19.0 Å². The molecule has 0 saturated heterocycles. The lowest BCUT2D eigenvalue weighted by molar-refractivity contribution is -0.142. The predicted molar refractivity (Wildman–Crippen MR) is 110 cm³/mol. The molecule has 0 radical (unpaired) electrons. The summed E-state index contributed by atoms with van der Waals surface area (Å²) in [6, 6.07) is 9.49. The van der Waals surface area contributed by atoms with Crippen LogP contribution in [0.1, 0.15) is 11.3 Å². The van der Waals surface area contributed by atoms with Gasteiger partial charge in [0.1, 0.15) is 22.7 Å². The number of aromatic nitrogens is 3. The van der Waals surface area contributed by atoms with E-state index in [4.69, 9.17) is 16.3 Å². The van der Waals surface area contributed by atoms with E-state index in [1.165, 1.54) is 29.8 Å². The summed E-state index contributed by atoms with van der Waals surface area (Å²) in [7, 11) is 0. The fraction of sp³-hybridized carbons (Fsp3) is 0.150. The van der Waals surface area contributed by atoms with Crippen molar-refractivity contribution in [2.75, 3.05) is 11.9 Å². The van der Waals surface area contributed by atoms with Crippen molar-refractivity contribution in [3.63, 3.8) is 0 Å². The Labute approximate surface area is 178 Å². The molecule has 10 heteroatoms. The first kappa shape index (κ1) is 20.4. The minimum Gasteiger partial charge on any atom is -0.455 e. The van der Waals surface area contributed by atoms with E-state index in [0.717, 1.165) is 22.0 Å². The maximum atomic E-state index is 13.0. The normalized spacial score (nSPS) is 11.6. The van der Waals surface area contributed by atoms with Crippen molar-refractivity contribution < 1.29 is 17.9 Å². The predicted octanol–water partition coefficient (Wildman–Crippen LogP) is 6.21. The molecule has 0 fully saturated rings. The number of anilines is 1. The van der Waals surface area contributed by atoms with Crippen LogP contribution in [0.15, 0.2) is 54.3 Å². The fourth-order valence-corrected chi connectivity index (χ4v) is 3.97. The Morgan fingerprint density at radius 1 is 1.07 bits per heavy atom. The minimum absolute atomic E-state index is 0.299. The number of benzene rings is 1. The molecule has 0 spiro atoms. The number of thiophene rings is 1. The van der Waals surface area contributed by atoms with Crippen molar-refractivity contribution in [3.05, 3.63) is 70.6 Å². The van der Waals surface area contributed by atoms with E-state index in [2.05, 4.69) is 20.3 Å². The number of nitrogens with zero attached hydrogens (tertiary/aromatic N) is 3. The van der Waals surface area contributed by atoms with Crippen LogP contribution in [0, 0.1) is 0 Å². The van der Waals surface area contributed by atoms with Gasteiger partial charge in [0.15, 0.2) is 11.4 Å². The molecular formula is C20H14ClF3N4OS. The van der Waals surface area contributed by atoms with E-state index in [-0.39, 0.29) is 5.75 Å². The van der Waals surface area contributed by atoms with Gasteiger partial charge in [0, 0.05) is 18.1 Å². The summed E-state index contributed by atoms with van der Waals surface area (Å²) < 4.78 is 44.5. The van der Waals surface area contributed by atoms with E-state index in [1.807, 2.05) is 5.38 Å². The average Bonchev–Trinajstić information content (AvgIpc) is 3.11. The largest absolute Gasteiger partial charge is 0.455 e. The van der Waals surface area contributed by atoms with Gasteiger partial charge in [-0.2, -0.15) is 13.2 Å². The second kappa shape index (κ2) is 8.45. The van der Waals surface area contributed by atoms with E-state index < -0.39 is 11.9 Å². The Bertz CT molecular complexity index is 1160. The van der Waals surface area contributed by atoms with Crippen molar-refractivity contribution in [2.45, 2.75) is 12.6 Å². The summed E-state index contributed by atoms with van der Waals surface area (Å²) in [6.07, 6.45) is -1.34. The maximum Gasteiger partial charge on any atom is 0.437 e. The minimum atomic E-state index is -4.58. The third kappa shape index (κ3) is 4.47. The molecule has 1 N–H and O–H groups in total. The van der Waals surface area contributed by atoms with Crippen molar-refractivity contribution in [1.82, 2.24) is 15.0 Å². The zero-order chi connectivity index (χ0) is 21.1. The molecular weight excluding hydrogens is 437 g/mol. The number of nitrogens with one attached hydrogen (secondary N) is 1. The number of alkyl halides is 3. The Hall–Kier alpha value is -2.91. The topological polar surface area (TPSA) is 59.9 Å². The highest BCUT2D eigenvalue weighted by Gasteiger charge is 2.36. The lowest BCUT2D eigenvalue weighted by Gasteiger charge is -2.12. The maximum absolute atomic E-state index is 13.0. The average molecular weight is 451 g/mol. The third-order valence-electron chi connectivity index (χ3n) is 4.22. The quantitative estimate of drug-likeness (QED) is 0.378. The molecule has 3 heterocycles. The summed E-state index contributed by atoms with van der Waals surface area (Å²) in [5.41, 5.74) is -0.0691. The first-order valence-electron chi connectivity index (χ1n) is 8.82. The van der Waals surface area contributed by atoms with Crippen LogP contribution in [-0.2, 0) is 12.6 Å². The van der Waals surface area contributed by atoms with E-state index in [1.54, 1.807) is 24.3 Å². The monoisotopic (exact) mass is 450 g/mol. The zero-order valence-corrected chi connectivity index (χ0v) is 16.9. The van der Waals surface area contributed by atoms with Crippen LogP contribution in [0.25, 0.3) is 10.2 Å². The second-order valence-electron chi connectivity index (χ2n) is 6.26. The van der Waals surface area contributed by atoms with Crippen molar-refractivity contribution in [1.29, 1.82) is 0 Å². The SMILES string of the molecule is FC(F)(F)c1ncccc1Oc1ccc(CCNc2ncnc3scc(Cl)c23)cc1. The Balaban J connectivity index is 1.39. The van der Waals surface area contributed by atoms with Gasteiger partial charge in [0.05, 0.1) is 10.4 Å². The summed E-state index contributed by atoms with van der Waals surface area (Å²) in [5.74, 6) is 0.634. The molecule has 0 unspecified atom stereocenters. The lowest BCUT2D eigenvalue weighted by Crippen LogP contribution is -2.09. The van der Waals surface area contributed by atoms with E-state index in [9.17, 15) is 13.2 Å². The van der Waals surface area contributed by atoms with Crippen LogP contribution in [0.3, 0.4) is 0 Å². The molecule has 1 aromatic carbocycles. The number of rotatable bonds is 6. The molecule has 0 amide bonds. The highest BCUT2D eigenvalue weighted by atomic mass is 35.5. The number of fused-ring (bicyclic) bond motifs is 1. The molecule has 0 saturated carbocycles. The number of pyridine rings is 1. The first-order chi connectivity index (χ1) is 14.4. The van der Waals surface area contributed by atoms with Gasteiger partial charge in [-0.05, 0) is 36.2 Å². The number of halogens is 4.